The van der Waals surface area contributed by atoms with E-state index in [1.165, 1.54) is 6.07 Å². The van der Waals surface area contributed by atoms with Crippen molar-refractivity contribution >= 4 is 15.9 Å². The Hall–Kier alpha value is -0.490. The Labute approximate surface area is 116 Å². The number of benzene rings is 1. The van der Waals surface area contributed by atoms with Crippen molar-refractivity contribution in [2.75, 3.05) is 33.4 Å². The zero-order valence-corrected chi connectivity index (χ0v) is 12.2. The molecule has 0 spiro atoms. The summed E-state index contributed by atoms with van der Waals surface area (Å²) >= 11 is 3.25. The fourth-order valence-electron chi connectivity index (χ4n) is 1.55. The molecule has 0 radical (unpaired) electrons. The number of rotatable bonds is 9. The van der Waals surface area contributed by atoms with Gasteiger partial charge in [0.1, 0.15) is 5.82 Å². The first-order chi connectivity index (χ1) is 8.75. The first kappa shape index (κ1) is 15.6. The number of hydrogen-bond donors (Lipinski definition) is 2. The SMILES string of the molecule is COCCNCCCNCc1cccc(F)c1Br. The van der Waals surface area contributed by atoms with Gasteiger partial charge in [-0.2, -0.15) is 0 Å². The lowest BCUT2D eigenvalue weighted by molar-refractivity contribution is 0.199. The molecule has 102 valence electrons. The van der Waals surface area contributed by atoms with Gasteiger partial charge in [-0.15, -0.1) is 0 Å². The minimum atomic E-state index is -0.212. The standard InChI is InChI=1S/C13H20BrFN2O/c1-18-9-8-16-6-3-7-17-10-11-4-2-5-12(15)13(11)14/h2,4-5,16-17H,3,6-10H2,1H3. The number of halogens is 2. The van der Waals surface area contributed by atoms with Gasteiger partial charge in [-0.1, -0.05) is 12.1 Å². The zero-order chi connectivity index (χ0) is 13.2. The van der Waals surface area contributed by atoms with Crippen LogP contribution in [0.5, 0.6) is 0 Å². The summed E-state index contributed by atoms with van der Waals surface area (Å²) in [6, 6.07) is 5.09. The van der Waals surface area contributed by atoms with Crippen LogP contribution in [0.4, 0.5) is 4.39 Å². The molecule has 0 amide bonds. The minimum Gasteiger partial charge on any atom is -0.383 e. The second-order valence-corrected chi connectivity index (χ2v) is 4.78. The lowest BCUT2D eigenvalue weighted by atomic mass is 10.2. The first-order valence-corrected chi connectivity index (χ1v) is 6.88. The Balaban J connectivity index is 2.09. The molecule has 0 saturated carbocycles. The van der Waals surface area contributed by atoms with Gasteiger partial charge in [0, 0.05) is 20.2 Å². The van der Waals surface area contributed by atoms with Crippen LogP contribution in [0.15, 0.2) is 22.7 Å². The Morgan fingerprint density at radius 2 is 2.00 bits per heavy atom. The molecule has 5 heteroatoms. The third-order valence-corrected chi connectivity index (χ3v) is 3.43. The highest BCUT2D eigenvalue weighted by atomic mass is 79.9. The predicted molar refractivity (Wildman–Crippen MR) is 75.2 cm³/mol. The van der Waals surface area contributed by atoms with Gasteiger partial charge in [0.25, 0.3) is 0 Å². The van der Waals surface area contributed by atoms with E-state index in [-0.39, 0.29) is 5.82 Å². The zero-order valence-electron chi connectivity index (χ0n) is 10.6. The van der Waals surface area contributed by atoms with E-state index in [1.807, 2.05) is 6.07 Å². The van der Waals surface area contributed by atoms with Gasteiger partial charge in [-0.05, 0) is 47.1 Å². The second kappa shape index (κ2) is 9.44. The van der Waals surface area contributed by atoms with Crippen LogP contribution in [0.2, 0.25) is 0 Å². The van der Waals surface area contributed by atoms with E-state index in [2.05, 4.69) is 26.6 Å². The lowest BCUT2D eigenvalue weighted by Crippen LogP contribution is -2.24. The highest BCUT2D eigenvalue weighted by Gasteiger charge is 2.03. The van der Waals surface area contributed by atoms with E-state index in [0.717, 1.165) is 38.2 Å². The fraction of sp³-hybridized carbons (Fsp3) is 0.538. The van der Waals surface area contributed by atoms with Crippen LogP contribution in [-0.2, 0) is 11.3 Å². The highest BCUT2D eigenvalue weighted by Crippen LogP contribution is 2.19. The number of hydrogen-bond acceptors (Lipinski definition) is 3. The van der Waals surface area contributed by atoms with Crippen LogP contribution >= 0.6 is 15.9 Å². The van der Waals surface area contributed by atoms with Crippen molar-refractivity contribution in [1.82, 2.24) is 10.6 Å². The maximum atomic E-state index is 13.2. The Morgan fingerprint density at radius 1 is 1.22 bits per heavy atom. The lowest BCUT2D eigenvalue weighted by Gasteiger charge is -2.08. The summed E-state index contributed by atoms with van der Waals surface area (Å²) in [6.07, 6.45) is 1.04. The van der Waals surface area contributed by atoms with Crippen molar-refractivity contribution in [3.8, 4) is 0 Å². The van der Waals surface area contributed by atoms with Crippen molar-refractivity contribution in [3.05, 3.63) is 34.1 Å². The largest absolute Gasteiger partial charge is 0.383 e. The highest BCUT2D eigenvalue weighted by molar-refractivity contribution is 9.10. The summed E-state index contributed by atoms with van der Waals surface area (Å²) in [5.41, 5.74) is 0.947. The van der Waals surface area contributed by atoms with Crippen molar-refractivity contribution in [3.63, 3.8) is 0 Å². The smallest absolute Gasteiger partial charge is 0.137 e. The summed E-state index contributed by atoms with van der Waals surface area (Å²) < 4.78 is 18.7. The number of ether oxygens (including phenoxy) is 1. The summed E-state index contributed by atoms with van der Waals surface area (Å²) in [7, 11) is 1.69. The first-order valence-electron chi connectivity index (χ1n) is 6.09. The van der Waals surface area contributed by atoms with Gasteiger partial charge in [0.05, 0.1) is 11.1 Å². The molecule has 0 aromatic heterocycles. The molecule has 3 nitrogen and oxygen atoms in total. The molecule has 18 heavy (non-hydrogen) atoms. The Kier molecular flexibility index (Phi) is 8.17. The van der Waals surface area contributed by atoms with E-state index >= 15 is 0 Å². The predicted octanol–water partition coefficient (Wildman–Crippen LogP) is 2.30. The molecule has 0 unspecified atom stereocenters. The van der Waals surface area contributed by atoms with E-state index in [0.29, 0.717) is 11.0 Å². The monoisotopic (exact) mass is 318 g/mol. The summed E-state index contributed by atoms with van der Waals surface area (Å²) in [6.45, 7) is 4.16. The average Bonchev–Trinajstić information content (AvgIpc) is 2.37. The molecular weight excluding hydrogens is 299 g/mol. The normalized spacial score (nSPS) is 10.8. The molecule has 1 rings (SSSR count). The summed E-state index contributed by atoms with van der Waals surface area (Å²) in [5, 5.41) is 6.56. The third-order valence-electron chi connectivity index (χ3n) is 2.54. The van der Waals surface area contributed by atoms with Gasteiger partial charge >= 0.3 is 0 Å². The summed E-state index contributed by atoms with van der Waals surface area (Å²) in [5.74, 6) is -0.212. The van der Waals surface area contributed by atoms with Crippen molar-refractivity contribution in [2.45, 2.75) is 13.0 Å². The average molecular weight is 319 g/mol. The summed E-state index contributed by atoms with van der Waals surface area (Å²) in [4.78, 5) is 0. The molecule has 0 aliphatic heterocycles. The molecule has 0 atom stereocenters. The molecule has 1 aromatic rings. The van der Waals surface area contributed by atoms with Crippen LogP contribution < -0.4 is 10.6 Å². The van der Waals surface area contributed by atoms with Crippen LogP contribution in [0.25, 0.3) is 0 Å². The van der Waals surface area contributed by atoms with Crippen molar-refractivity contribution in [1.29, 1.82) is 0 Å². The molecule has 2 N–H and O–H groups in total. The molecule has 0 heterocycles. The van der Waals surface area contributed by atoms with E-state index in [4.69, 9.17) is 4.74 Å². The molecule has 0 fully saturated rings. The van der Waals surface area contributed by atoms with E-state index in [9.17, 15) is 4.39 Å². The van der Waals surface area contributed by atoms with Gasteiger partial charge in [0.2, 0.25) is 0 Å². The maximum Gasteiger partial charge on any atom is 0.137 e. The Bertz CT molecular complexity index is 350. The van der Waals surface area contributed by atoms with Crippen LogP contribution in [0, 0.1) is 5.82 Å². The van der Waals surface area contributed by atoms with E-state index < -0.39 is 0 Å². The molecule has 0 aliphatic carbocycles. The molecule has 0 saturated heterocycles. The van der Waals surface area contributed by atoms with Crippen LogP contribution in [-0.4, -0.2) is 33.4 Å². The van der Waals surface area contributed by atoms with E-state index in [1.54, 1.807) is 13.2 Å². The second-order valence-electron chi connectivity index (χ2n) is 3.99. The molecule has 0 aliphatic rings. The van der Waals surface area contributed by atoms with Gasteiger partial charge in [-0.25, -0.2) is 4.39 Å². The van der Waals surface area contributed by atoms with Crippen LogP contribution in [0.1, 0.15) is 12.0 Å². The van der Waals surface area contributed by atoms with Crippen molar-refractivity contribution in [2.24, 2.45) is 0 Å². The van der Waals surface area contributed by atoms with Gasteiger partial charge < -0.3 is 15.4 Å². The molecule has 0 bridgehead atoms. The number of methoxy groups -OCH3 is 1. The van der Waals surface area contributed by atoms with Gasteiger partial charge in [0.15, 0.2) is 0 Å². The Morgan fingerprint density at radius 3 is 2.78 bits per heavy atom. The topological polar surface area (TPSA) is 33.3 Å². The molecular formula is C13H20BrFN2O. The van der Waals surface area contributed by atoms with Crippen molar-refractivity contribution < 1.29 is 9.13 Å². The molecule has 1 aromatic carbocycles. The number of nitrogens with one attached hydrogen (secondary N) is 2. The third kappa shape index (κ3) is 5.91. The van der Waals surface area contributed by atoms with Gasteiger partial charge in [-0.3, -0.25) is 0 Å². The van der Waals surface area contributed by atoms with Crippen LogP contribution in [0.3, 0.4) is 0 Å². The fourth-order valence-corrected chi connectivity index (χ4v) is 1.95. The minimum absolute atomic E-state index is 0.212. The quantitative estimate of drug-likeness (QED) is 0.685. The maximum absolute atomic E-state index is 13.2.